The molecule has 3 N–H and O–H groups in total. The van der Waals surface area contributed by atoms with Gasteiger partial charge in [0.05, 0.1) is 5.69 Å². The van der Waals surface area contributed by atoms with Gasteiger partial charge in [-0.05, 0) is 37.3 Å². The Morgan fingerprint density at radius 1 is 1.16 bits per heavy atom. The Balaban J connectivity index is 3.26. The Bertz CT molecular complexity index is 572. The van der Waals surface area contributed by atoms with E-state index < -0.39 is 10.0 Å². The van der Waals surface area contributed by atoms with Crippen LogP contribution in [0, 0.1) is 19.3 Å². The summed E-state index contributed by atoms with van der Waals surface area (Å²) in [6, 6.07) is 3.43. The van der Waals surface area contributed by atoms with Gasteiger partial charge in [0, 0.05) is 6.04 Å². The maximum Gasteiger partial charge on any atom is 0.243 e. The molecule has 1 aromatic carbocycles. The largest absolute Gasteiger partial charge is 0.397 e. The van der Waals surface area contributed by atoms with Crippen LogP contribution in [0.2, 0.25) is 0 Å². The number of nitrogens with two attached hydrogens (primary N) is 1. The number of anilines is 1. The third-order valence-electron chi connectivity index (χ3n) is 3.51. The Kier molecular flexibility index (Phi) is 4.32. The number of nitrogens with one attached hydrogen (secondary N) is 1. The topological polar surface area (TPSA) is 72.2 Å². The highest BCUT2D eigenvalue weighted by atomic mass is 32.2. The number of sulfonamides is 1. The number of rotatable bonds is 3. The molecule has 5 heteroatoms. The van der Waals surface area contributed by atoms with Gasteiger partial charge >= 0.3 is 0 Å². The molecule has 0 saturated heterocycles. The summed E-state index contributed by atoms with van der Waals surface area (Å²) in [6.45, 7) is 11.4. The Morgan fingerprint density at radius 2 is 1.63 bits per heavy atom. The van der Waals surface area contributed by atoms with Crippen LogP contribution in [0.5, 0.6) is 0 Å². The fourth-order valence-electron chi connectivity index (χ4n) is 1.63. The molecule has 108 valence electrons. The zero-order chi connectivity index (χ0) is 15.0. The van der Waals surface area contributed by atoms with Gasteiger partial charge in [0.1, 0.15) is 4.90 Å². The first-order valence-corrected chi connectivity index (χ1v) is 7.83. The SMILES string of the molecule is Cc1ccc(C)c(S(=O)(=O)NC(C)C(C)(C)C)c1N. The lowest BCUT2D eigenvalue weighted by molar-refractivity contribution is 0.317. The molecule has 0 aliphatic rings. The Morgan fingerprint density at radius 3 is 2.11 bits per heavy atom. The number of nitrogen functional groups attached to an aromatic ring is 1. The third kappa shape index (κ3) is 3.48. The molecule has 4 nitrogen and oxygen atoms in total. The van der Waals surface area contributed by atoms with Crippen molar-refractivity contribution >= 4 is 15.7 Å². The molecule has 19 heavy (non-hydrogen) atoms. The zero-order valence-electron chi connectivity index (χ0n) is 12.5. The van der Waals surface area contributed by atoms with Gasteiger partial charge in [-0.3, -0.25) is 0 Å². The summed E-state index contributed by atoms with van der Waals surface area (Å²) in [5.41, 5.74) is 7.55. The minimum atomic E-state index is -3.60. The molecule has 0 aliphatic carbocycles. The van der Waals surface area contributed by atoms with Gasteiger partial charge in [0.25, 0.3) is 0 Å². The fraction of sp³-hybridized carbons (Fsp3) is 0.571. The van der Waals surface area contributed by atoms with Crippen molar-refractivity contribution in [2.75, 3.05) is 5.73 Å². The molecule has 0 fully saturated rings. The van der Waals surface area contributed by atoms with Gasteiger partial charge < -0.3 is 5.73 Å². The van der Waals surface area contributed by atoms with Gasteiger partial charge in [-0.15, -0.1) is 0 Å². The zero-order valence-corrected chi connectivity index (χ0v) is 13.4. The summed E-state index contributed by atoms with van der Waals surface area (Å²) in [7, 11) is -3.60. The quantitative estimate of drug-likeness (QED) is 0.838. The smallest absolute Gasteiger partial charge is 0.243 e. The van der Waals surface area contributed by atoms with E-state index >= 15 is 0 Å². The van der Waals surface area contributed by atoms with E-state index in [1.165, 1.54) is 0 Å². The number of hydrogen-bond acceptors (Lipinski definition) is 3. The molecule has 0 aliphatic heterocycles. The number of hydrogen-bond donors (Lipinski definition) is 2. The van der Waals surface area contributed by atoms with E-state index in [0.29, 0.717) is 11.3 Å². The van der Waals surface area contributed by atoms with E-state index in [9.17, 15) is 8.42 Å². The molecule has 0 saturated carbocycles. The summed E-state index contributed by atoms with van der Waals surface area (Å²) in [4.78, 5) is 0.198. The molecule has 0 bridgehead atoms. The maximum atomic E-state index is 12.5. The lowest BCUT2D eigenvalue weighted by atomic mass is 9.89. The van der Waals surface area contributed by atoms with Crippen molar-refractivity contribution in [2.24, 2.45) is 5.41 Å². The predicted molar refractivity (Wildman–Crippen MR) is 79.6 cm³/mol. The second-order valence-corrected chi connectivity index (χ2v) is 7.80. The average molecular weight is 284 g/mol. The standard InChI is InChI=1S/C14H24N2O2S/c1-9-7-8-10(2)13(12(9)15)19(17,18)16-11(3)14(4,5)6/h7-8,11,16H,15H2,1-6H3. The molecular weight excluding hydrogens is 260 g/mol. The summed E-state index contributed by atoms with van der Waals surface area (Å²) >= 11 is 0. The van der Waals surface area contributed by atoms with Crippen LogP contribution in [0.3, 0.4) is 0 Å². The third-order valence-corrected chi connectivity index (χ3v) is 5.25. The Labute approximate surface area is 116 Å². The van der Waals surface area contributed by atoms with Crippen LogP contribution >= 0.6 is 0 Å². The summed E-state index contributed by atoms with van der Waals surface area (Å²) < 4.78 is 27.7. The molecule has 0 amide bonds. The lowest BCUT2D eigenvalue weighted by Gasteiger charge is -2.28. The predicted octanol–water partition coefficient (Wildman–Crippen LogP) is 2.60. The van der Waals surface area contributed by atoms with Crippen LogP contribution in [0.15, 0.2) is 17.0 Å². The van der Waals surface area contributed by atoms with Crippen LogP contribution in [0.1, 0.15) is 38.8 Å². The van der Waals surface area contributed by atoms with Crippen LogP contribution < -0.4 is 10.5 Å². The van der Waals surface area contributed by atoms with Crippen molar-refractivity contribution in [3.8, 4) is 0 Å². The van der Waals surface area contributed by atoms with Crippen molar-refractivity contribution in [1.82, 2.24) is 4.72 Å². The second-order valence-electron chi connectivity index (χ2n) is 6.15. The van der Waals surface area contributed by atoms with E-state index in [-0.39, 0.29) is 16.4 Å². The second kappa shape index (κ2) is 5.13. The molecule has 1 unspecified atom stereocenters. The van der Waals surface area contributed by atoms with Crippen molar-refractivity contribution in [3.05, 3.63) is 23.3 Å². The summed E-state index contributed by atoms with van der Waals surface area (Å²) in [5.74, 6) is 0. The van der Waals surface area contributed by atoms with Gasteiger partial charge in [-0.1, -0.05) is 32.9 Å². The van der Waals surface area contributed by atoms with Gasteiger partial charge in [0.15, 0.2) is 0 Å². The molecule has 0 spiro atoms. The van der Waals surface area contributed by atoms with Crippen LogP contribution in [-0.4, -0.2) is 14.5 Å². The van der Waals surface area contributed by atoms with Gasteiger partial charge in [-0.2, -0.15) is 0 Å². The van der Waals surface area contributed by atoms with Crippen molar-refractivity contribution < 1.29 is 8.42 Å². The highest BCUT2D eigenvalue weighted by Crippen LogP contribution is 2.27. The molecule has 0 aromatic heterocycles. The summed E-state index contributed by atoms with van der Waals surface area (Å²) in [5, 5.41) is 0. The van der Waals surface area contributed by atoms with Crippen LogP contribution in [0.4, 0.5) is 5.69 Å². The first-order valence-electron chi connectivity index (χ1n) is 6.35. The monoisotopic (exact) mass is 284 g/mol. The molecule has 1 rings (SSSR count). The number of aryl methyl sites for hydroxylation is 2. The van der Waals surface area contributed by atoms with E-state index in [4.69, 9.17) is 5.73 Å². The highest BCUT2D eigenvalue weighted by Gasteiger charge is 2.28. The number of benzene rings is 1. The fourth-order valence-corrected chi connectivity index (χ4v) is 3.51. The highest BCUT2D eigenvalue weighted by molar-refractivity contribution is 7.89. The van der Waals surface area contributed by atoms with Gasteiger partial charge in [0.2, 0.25) is 10.0 Å². The Hall–Kier alpha value is -1.07. The maximum absolute atomic E-state index is 12.5. The van der Waals surface area contributed by atoms with Crippen molar-refractivity contribution in [2.45, 2.75) is 52.5 Å². The van der Waals surface area contributed by atoms with E-state index in [1.807, 2.05) is 33.8 Å². The molecule has 0 radical (unpaired) electrons. The van der Waals surface area contributed by atoms with Crippen LogP contribution in [-0.2, 0) is 10.0 Å². The molecular formula is C14H24N2O2S. The first-order chi connectivity index (χ1) is 8.47. The molecule has 1 atom stereocenters. The molecule has 0 heterocycles. The van der Waals surface area contributed by atoms with E-state index in [2.05, 4.69) is 4.72 Å². The molecule has 1 aromatic rings. The van der Waals surface area contributed by atoms with Crippen molar-refractivity contribution in [1.29, 1.82) is 0 Å². The minimum absolute atomic E-state index is 0.153. The van der Waals surface area contributed by atoms with Crippen LogP contribution in [0.25, 0.3) is 0 Å². The van der Waals surface area contributed by atoms with Gasteiger partial charge in [-0.25, -0.2) is 13.1 Å². The van der Waals surface area contributed by atoms with E-state index in [1.54, 1.807) is 19.9 Å². The first kappa shape index (κ1) is 16.0. The average Bonchev–Trinajstić information content (AvgIpc) is 2.21. The summed E-state index contributed by atoms with van der Waals surface area (Å²) in [6.07, 6.45) is 0. The minimum Gasteiger partial charge on any atom is -0.397 e. The lowest BCUT2D eigenvalue weighted by Crippen LogP contribution is -2.41. The normalized spacial score (nSPS) is 14.4. The van der Waals surface area contributed by atoms with Crippen molar-refractivity contribution in [3.63, 3.8) is 0 Å². The van der Waals surface area contributed by atoms with E-state index in [0.717, 1.165) is 5.56 Å².